The van der Waals surface area contributed by atoms with Crippen LogP contribution in [0.3, 0.4) is 0 Å². The van der Waals surface area contributed by atoms with E-state index in [9.17, 15) is 9.59 Å². The van der Waals surface area contributed by atoms with Crippen LogP contribution in [-0.4, -0.2) is 41.9 Å². The van der Waals surface area contributed by atoms with Crippen LogP contribution in [0, 0.1) is 5.92 Å². The molecule has 2 unspecified atom stereocenters. The second kappa shape index (κ2) is 4.64. The zero-order chi connectivity index (χ0) is 12.5. The second-order valence-corrected chi connectivity index (χ2v) is 5.41. The molecule has 2 amide bonds. The molecule has 3 N–H and O–H groups in total. The third-order valence-electron chi connectivity index (χ3n) is 3.90. The summed E-state index contributed by atoms with van der Waals surface area (Å²) in [6, 6.07) is 0. The molecule has 1 heterocycles. The van der Waals surface area contributed by atoms with Crippen molar-refractivity contribution < 1.29 is 9.59 Å². The van der Waals surface area contributed by atoms with E-state index in [2.05, 4.69) is 5.32 Å². The van der Waals surface area contributed by atoms with E-state index >= 15 is 0 Å². The third kappa shape index (κ3) is 2.60. The fourth-order valence-corrected chi connectivity index (χ4v) is 2.81. The molecular weight excluding hydrogens is 218 g/mol. The van der Waals surface area contributed by atoms with Gasteiger partial charge in [-0.2, -0.15) is 0 Å². The molecule has 5 heteroatoms. The zero-order valence-corrected chi connectivity index (χ0v) is 10.4. The van der Waals surface area contributed by atoms with Crippen molar-refractivity contribution in [1.82, 2.24) is 10.2 Å². The van der Waals surface area contributed by atoms with E-state index in [1.165, 1.54) is 0 Å². The molecule has 2 fully saturated rings. The molecule has 0 aromatic rings. The Kier molecular flexibility index (Phi) is 3.38. The Balaban J connectivity index is 2.05. The number of amides is 2. The highest BCUT2D eigenvalue weighted by molar-refractivity contribution is 5.87. The van der Waals surface area contributed by atoms with Gasteiger partial charge in [0, 0.05) is 18.6 Å². The summed E-state index contributed by atoms with van der Waals surface area (Å²) in [5, 5.41) is 2.73. The highest BCUT2D eigenvalue weighted by atomic mass is 16.2. The summed E-state index contributed by atoms with van der Waals surface area (Å²) in [5.74, 6) is -0.133. The van der Waals surface area contributed by atoms with Gasteiger partial charge in [-0.3, -0.25) is 9.59 Å². The van der Waals surface area contributed by atoms with Crippen molar-refractivity contribution in [2.75, 3.05) is 19.6 Å². The molecule has 0 aromatic heterocycles. The van der Waals surface area contributed by atoms with Gasteiger partial charge in [0.05, 0.1) is 12.5 Å². The van der Waals surface area contributed by atoms with Gasteiger partial charge in [0.25, 0.3) is 0 Å². The number of hydrogen-bond acceptors (Lipinski definition) is 3. The monoisotopic (exact) mass is 239 g/mol. The molecule has 2 atom stereocenters. The first-order chi connectivity index (χ1) is 8.00. The van der Waals surface area contributed by atoms with E-state index < -0.39 is 5.54 Å². The zero-order valence-electron chi connectivity index (χ0n) is 10.4. The molecule has 0 spiro atoms. The number of carbonyl (C=O) groups is 2. The Morgan fingerprint density at radius 3 is 2.94 bits per heavy atom. The molecule has 5 nitrogen and oxygen atoms in total. The van der Waals surface area contributed by atoms with Gasteiger partial charge in [0.1, 0.15) is 0 Å². The largest absolute Gasteiger partial charge is 0.353 e. The van der Waals surface area contributed by atoms with Crippen molar-refractivity contribution in [2.45, 2.75) is 38.1 Å². The Morgan fingerprint density at radius 2 is 2.29 bits per heavy atom. The van der Waals surface area contributed by atoms with Crippen LogP contribution >= 0.6 is 0 Å². The number of piperazine rings is 1. The first-order valence-corrected chi connectivity index (χ1v) is 6.35. The summed E-state index contributed by atoms with van der Waals surface area (Å²) >= 11 is 0. The lowest BCUT2D eigenvalue weighted by molar-refractivity contribution is -0.144. The molecule has 1 aliphatic heterocycles. The lowest BCUT2D eigenvalue weighted by atomic mass is 9.74. The maximum Gasteiger partial charge on any atom is 0.239 e. The van der Waals surface area contributed by atoms with Gasteiger partial charge in [0.15, 0.2) is 0 Å². The standard InChI is InChI=1S/C12H21N3O2/c1-12(13)5-3-2-4-9(12)11(17)15-7-6-14-10(16)8-15/h9H,2-8,13H2,1H3,(H,14,16). The Labute approximate surface area is 102 Å². The average molecular weight is 239 g/mol. The predicted molar refractivity (Wildman–Crippen MR) is 64.1 cm³/mol. The molecule has 1 saturated heterocycles. The van der Waals surface area contributed by atoms with Gasteiger partial charge in [-0.05, 0) is 19.8 Å². The van der Waals surface area contributed by atoms with Crippen molar-refractivity contribution >= 4 is 11.8 Å². The van der Waals surface area contributed by atoms with Gasteiger partial charge < -0.3 is 16.0 Å². The molecule has 1 aliphatic carbocycles. The van der Waals surface area contributed by atoms with Gasteiger partial charge in [-0.1, -0.05) is 12.8 Å². The fourth-order valence-electron chi connectivity index (χ4n) is 2.81. The van der Waals surface area contributed by atoms with Crippen LogP contribution in [0.15, 0.2) is 0 Å². The lowest BCUT2D eigenvalue weighted by Crippen LogP contribution is -2.57. The second-order valence-electron chi connectivity index (χ2n) is 5.41. The molecule has 17 heavy (non-hydrogen) atoms. The fraction of sp³-hybridized carbons (Fsp3) is 0.833. The van der Waals surface area contributed by atoms with Crippen LogP contribution in [0.2, 0.25) is 0 Å². The maximum absolute atomic E-state index is 12.4. The molecule has 96 valence electrons. The summed E-state index contributed by atoms with van der Waals surface area (Å²) in [6.07, 6.45) is 3.90. The normalized spacial score (nSPS) is 34.4. The number of nitrogens with zero attached hydrogens (tertiary/aromatic N) is 1. The van der Waals surface area contributed by atoms with E-state index in [1.54, 1.807) is 4.90 Å². The van der Waals surface area contributed by atoms with Crippen molar-refractivity contribution in [3.05, 3.63) is 0 Å². The third-order valence-corrected chi connectivity index (χ3v) is 3.90. The predicted octanol–water partition coefficient (Wildman–Crippen LogP) is -0.148. The first-order valence-electron chi connectivity index (χ1n) is 6.35. The SMILES string of the molecule is CC1(N)CCCCC1C(=O)N1CCNC(=O)C1. The van der Waals surface area contributed by atoms with Crippen molar-refractivity contribution in [2.24, 2.45) is 11.7 Å². The van der Waals surface area contributed by atoms with E-state index in [0.29, 0.717) is 13.1 Å². The molecule has 2 rings (SSSR count). The summed E-state index contributed by atoms with van der Waals surface area (Å²) < 4.78 is 0. The van der Waals surface area contributed by atoms with Crippen molar-refractivity contribution in [3.8, 4) is 0 Å². The Bertz CT molecular complexity index is 328. The van der Waals surface area contributed by atoms with Gasteiger partial charge in [-0.15, -0.1) is 0 Å². The molecule has 0 radical (unpaired) electrons. The van der Waals surface area contributed by atoms with Gasteiger partial charge >= 0.3 is 0 Å². The van der Waals surface area contributed by atoms with Crippen LogP contribution in [0.5, 0.6) is 0 Å². The summed E-state index contributed by atoms with van der Waals surface area (Å²) in [6.45, 7) is 3.31. The number of nitrogens with one attached hydrogen (secondary N) is 1. The minimum Gasteiger partial charge on any atom is -0.353 e. The van der Waals surface area contributed by atoms with Crippen LogP contribution in [-0.2, 0) is 9.59 Å². The molecular formula is C12H21N3O2. The molecule has 1 saturated carbocycles. The van der Waals surface area contributed by atoms with Crippen LogP contribution < -0.4 is 11.1 Å². The molecule has 0 aromatic carbocycles. The highest BCUT2D eigenvalue weighted by Crippen LogP contribution is 2.32. The van der Waals surface area contributed by atoms with Crippen molar-refractivity contribution in [3.63, 3.8) is 0 Å². The minimum atomic E-state index is -0.413. The molecule has 0 bridgehead atoms. The number of nitrogens with two attached hydrogens (primary N) is 1. The highest BCUT2D eigenvalue weighted by Gasteiger charge is 2.40. The van der Waals surface area contributed by atoms with Gasteiger partial charge in [0.2, 0.25) is 11.8 Å². The van der Waals surface area contributed by atoms with E-state index in [4.69, 9.17) is 5.73 Å². The van der Waals surface area contributed by atoms with E-state index in [-0.39, 0.29) is 24.3 Å². The lowest BCUT2D eigenvalue weighted by Gasteiger charge is -2.40. The maximum atomic E-state index is 12.4. The average Bonchev–Trinajstić information content (AvgIpc) is 2.27. The number of rotatable bonds is 1. The molecule has 2 aliphatic rings. The Hall–Kier alpha value is -1.10. The number of hydrogen-bond donors (Lipinski definition) is 2. The number of carbonyl (C=O) groups excluding carboxylic acids is 2. The van der Waals surface area contributed by atoms with E-state index in [0.717, 1.165) is 25.7 Å². The Morgan fingerprint density at radius 1 is 1.53 bits per heavy atom. The van der Waals surface area contributed by atoms with Crippen molar-refractivity contribution in [1.29, 1.82) is 0 Å². The van der Waals surface area contributed by atoms with E-state index in [1.807, 2.05) is 6.92 Å². The van der Waals surface area contributed by atoms with Gasteiger partial charge in [-0.25, -0.2) is 0 Å². The first kappa shape index (κ1) is 12.4. The summed E-state index contributed by atoms with van der Waals surface area (Å²) in [4.78, 5) is 25.3. The minimum absolute atomic E-state index is 0.0598. The van der Waals surface area contributed by atoms with Crippen LogP contribution in [0.4, 0.5) is 0 Å². The topological polar surface area (TPSA) is 75.4 Å². The van der Waals surface area contributed by atoms with Crippen LogP contribution in [0.1, 0.15) is 32.6 Å². The summed E-state index contributed by atoms with van der Waals surface area (Å²) in [7, 11) is 0. The smallest absolute Gasteiger partial charge is 0.239 e. The van der Waals surface area contributed by atoms with Crippen LogP contribution in [0.25, 0.3) is 0 Å². The summed E-state index contributed by atoms with van der Waals surface area (Å²) in [5.41, 5.74) is 5.80. The quantitative estimate of drug-likeness (QED) is 0.668.